The van der Waals surface area contributed by atoms with Crippen LogP contribution in [0.25, 0.3) is 0 Å². The molecule has 31 heavy (non-hydrogen) atoms. The molecule has 0 unspecified atom stereocenters. The fraction of sp³-hybridized carbons (Fsp3) is 0.417. The van der Waals surface area contributed by atoms with Crippen LogP contribution in [-0.4, -0.2) is 48.8 Å². The maximum Gasteiger partial charge on any atom is 0.242 e. The van der Waals surface area contributed by atoms with Crippen molar-refractivity contribution in [2.24, 2.45) is 0 Å². The van der Waals surface area contributed by atoms with Crippen LogP contribution in [0.4, 0.5) is 0 Å². The number of hydrogen-bond donors (Lipinski definition) is 1. The molecule has 0 aliphatic carbocycles. The van der Waals surface area contributed by atoms with Crippen molar-refractivity contribution in [3.8, 4) is 11.5 Å². The summed E-state index contributed by atoms with van der Waals surface area (Å²) in [4.78, 5) is 27.4. The number of nitrogens with one attached hydrogen (secondary N) is 1. The van der Waals surface area contributed by atoms with Crippen molar-refractivity contribution < 1.29 is 19.1 Å². The molecule has 0 saturated heterocycles. The average Bonchev–Trinajstić information content (AvgIpc) is 2.77. The van der Waals surface area contributed by atoms with Crippen LogP contribution in [-0.2, 0) is 21.9 Å². The van der Waals surface area contributed by atoms with Gasteiger partial charge in [-0.15, -0.1) is 11.8 Å². The molecule has 0 bridgehead atoms. The van der Waals surface area contributed by atoms with Gasteiger partial charge in [-0.2, -0.15) is 0 Å². The first-order chi connectivity index (χ1) is 14.8. The molecular formula is C24H32N2O4S. The Labute approximate surface area is 189 Å². The molecule has 0 aliphatic heterocycles. The Balaban J connectivity index is 2.07. The van der Waals surface area contributed by atoms with Crippen molar-refractivity contribution >= 4 is 23.6 Å². The summed E-state index contributed by atoms with van der Waals surface area (Å²) in [5, 5.41) is 2.90. The Kier molecular flexibility index (Phi) is 9.72. The van der Waals surface area contributed by atoms with Gasteiger partial charge in [0.1, 0.15) is 17.5 Å². The second kappa shape index (κ2) is 12.2. The van der Waals surface area contributed by atoms with E-state index < -0.39 is 6.04 Å². The lowest BCUT2D eigenvalue weighted by atomic mass is 10.1. The zero-order chi connectivity index (χ0) is 22.8. The molecule has 1 N–H and O–H groups in total. The van der Waals surface area contributed by atoms with Crippen LogP contribution in [0.15, 0.2) is 48.5 Å². The third kappa shape index (κ3) is 7.83. The van der Waals surface area contributed by atoms with Gasteiger partial charge in [0.25, 0.3) is 0 Å². The van der Waals surface area contributed by atoms with Crippen LogP contribution in [0, 0.1) is 0 Å². The SMILES string of the molecule is COc1ccc(CSCC(=O)N(Cc2cccc(OC)c2)[C@@H](C)C(=O)NC(C)C)cc1. The van der Waals surface area contributed by atoms with Gasteiger partial charge in [0, 0.05) is 18.3 Å². The average molecular weight is 445 g/mol. The first kappa shape index (κ1) is 24.6. The van der Waals surface area contributed by atoms with Crippen molar-refractivity contribution in [1.29, 1.82) is 0 Å². The van der Waals surface area contributed by atoms with Crippen molar-refractivity contribution in [2.75, 3.05) is 20.0 Å². The van der Waals surface area contributed by atoms with E-state index in [0.717, 1.165) is 22.6 Å². The zero-order valence-corrected chi connectivity index (χ0v) is 19.7. The fourth-order valence-corrected chi connectivity index (χ4v) is 3.89. The summed E-state index contributed by atoms with van der Waals surface area (Å²) < 4.78 is 10.5. The first-order valence-corrected chi connectivity index (χ1v) is 11.4. The second-order valence-electron chi connectivity index (χ2n) is 7.55. The number of rotatable bonds is 11. The Morgan fingerprint density at radius 3 is 2.26 bits per heavy atom. The molecule has 2 amide bonds. The predicted octanol–water partition coefficient (Wildman–Crippen LogP) is 3.88. The maximum absolute atomic E-state index is 13.1. The lowest BCUT2D eigenvalue weighted by Gasteiger charge is -2.29. The lowest BCUT2D eigenvalue weighted by Crippen LogP contribution is -2.49. The molecule has 7 heteroatoms. The number of methoxy groups -OCH3 is 2. The number of thioether (sulfide) groups is 1. The van der Waals surface area contributed by atoms with Crippen molar-refractivity contribution in [3.63, 3.8) is 0 Å². The number of hydrogen-bond acceptors (Lipinski definition) is 5. The molecule has 0 fully saturated rings. The third-order valence-corrected chi connectivity index (χ3v) is 5.73. The minimum absolute atomic E-state index is 0.00756. The fourth-order valence-electron chi connectivity index (χ4n) is 3.02. The highest BCUT2D eigenvalue weighted by Gasteiger charge is 2.26. The largest absolute Gasteiger partial charge is 0.497 e. The van der Waals surface area contributed by atoms with Gasteiger partial charge in [0.15, 0.2) is 0 Å². The summed E-state index contributed by atoms with van der Waals surface area (Å²) in [5.41, 5.74) is 2.03. The van der Waals surface area contributed by atoms with Gasteiger partial charge in [-0.3, -0.25) is 9.59 Å². The molecule has 2 aromatic rings. The number of carbonyl (C=O) groups is 2. The Bertz CT molecular complexity index is 855. The van der Waals surface area contributed by atoms with Crippen molar-refractivity contribution in [3.05, 3.63) is 59.7 Å². The van der Waals surface area contributed by atoms with Crippen LogP contribution >= 0.6 is 11.8 Å². The van der Waals surface area contributed by atoms with E-state index in [0.29, 0.717) is 12.3 Å². The van der Waals surface area contributed by atoms with Crippen LogP contribution in [0.5, 0.6) is 11.5 Å². The lowest BCUT2D eigenvalue weighted by molar-refractivity contribution is -0.138. The minimum atomic E-state index is -0.581. The highest BCUT2D eigenvalue weighted by molar-refractivity contribution is 7.99. The summed E-state index contributed by atoms with van der Waals surface area (Å²) in [7, 11) is 3.24. The molecule has 168 valence electrons. The van der Waals surface area contributed by atoms with E-state index in [9.17, 15) is 9.59 Å². The molecule has 1 atom stereocenters. The predicted molar refractivity (Wildman–Crippen MR) is 125 cm³/mol. The van der Waals surface area contributed by atoms with E-state index in [1.165, 1.54) is 11.8 Å². The Morgan fingerprint density at radius 2 is 1.65 bits per heavy atom. The van der Waals surface area contributed by atoms with Gasteiger partial charge in [0.2, 0.25) is 11.8 Å². The summed E-state index contributed by atoms with van der Waals surface area (Å²) >= 11 is 1.53. The Hall–Kier alpha value is -2.67. The summed E-state index contributed by atoms with van der Waals surface area (Å²) in [6.45, 7) is 5.92. The third-order valence-electron chi connectivity index (χ3n) is 4.74. The number of carbonyl (C=O) groups excluding carboxylic acids is 2. The smallest absolute Gasteiger partial charge is 0.242 e. The zero-order valence-electron chi connectivity index (χ0n) is 18.9. The molecule has 0 aromatic heterocycles. The number of amides is 2. The van der Waals surface area contributed by atoms with Crippen LogP contribution < -0.4 is 14.8 Å². The monoisotopic (exact) mass is 444 g/mol. The summed E-state index contributed by atoms with van der Waals surface area (Å²) in [5.74, 6) is 2.28. The van der Waals surface area contributed by atoms with Crippen LogP contribution in [0.3, 0.4) is 0 Å². The van der Waals surface area contributed by atoms with E-state index in [2.05, 4.69) is 5.32 Å². The molecule has 0 radical (unpaired) electrons. The Morgan fingerprint density at radius 1 is 0.968 bits per heavy atom. The van der Waals surface area contributed by atoms with E-state index in [1.54, 1.807) is 26.0 Å². The molecule has 0 heterocycles. The molecule has 0 spiro atoms. The summed E-state index contributed by atoms with van der Waals surface area (Å²) in [6.07, 6.45) is 0. The standard InChI is InChI=1S/C24H32N2O4S/c1-17(2)25-24(28)18(3)26(14-20-7-6-8-22(13-20)30-5)23(27)16-31-15-19-9-11-21(29-4)12-10-19/h6-13,17-18H,14-16H2,1-5H3,(H,25,28)/t18-/m0/s1. The molecule has 0 aliphatic rings. The van der Waals surface area contributed by atoms with Crippen LogP contribution in [0.1, 0.15) is 31.9 Å². The normalized spacial score (nSPS) is 11.7. The molecular weight excluding hydrogens is 412 g/mol. The van der Waals surface area contributed by atoms with Gasteiger partial charge in [0.05, 0.1) is 20.0 Å². The number of nitrogens with zero attached hydrogens (tertiary/aromatic N) is 1. The van der Waals surface area contributed by atoms with E-state index >= 15 is 0 Å². The topological polar surface area (TPSA) is 67.9 Å². The number of ether oxygens (including phenoxy) is 2. The molecule has 0 saturated carbocycles. The van der Waals surface area contributed by atoms with Crippen molar-refractivity contribution in [1.82, 2.24) is 10.2 Å². The maximum atomic E-state index is 13.1. The number of benzene rings is 2. The van der Waals surface area contributed by atoms with Gasteiger partial charge < -0.3 is 19.7 Å². The molecule has 6 nitrogen and oxygen atoms in total. The first-order valence-electron chi connectivity index (χ1n) is 10.3. The van der Waals surface area contributed by atoms with E-state index in [-0.39, 0.29) is 23.6 Å². The van der Waals surface area contributed by atoms with E-state index in [4.69, 9.17) is 9.47 Å². The minimum Gasteiger partial charge on any atom is -0.497 e. The molecule has 2 rings (SSSR count). The second-order valence-corrected chi connectivity index (χ2v) is 8.54. The quantitative estimate of drug-likeness (QED) is 0.570. The van der Waals surface area contributed by atoms with Gasteiger partial charge >= 0.3 is 0 Å². The summed E-state index contributed by atoms with van der Waals surface area (Å²) in [6, 6.07) is 14.8. The van der Waals surface area contributed by atoms with Gasteiger partial charge in [-0.05, 0) is 56.2 Å². The van der Waals surface area contributed by atoms with Crippen LogP contribution in [0.2, 0.25) is 0 Å². The molecule has 2 aromatic carbocycles. The highest BCUT2D eigenvalue weighted by atomic mass is 32.2. The van der Waals surface area contributed by atoms with Gasteiger partial charge in [-0.25, -0.2) is 0 Å². The van der Waals surface area contributed by atoms with Gasteiger partial charge in [-0.1, -0.05) is 24.3 Å². The van der Waals surface area contributed by atoms with E-state index in [1.807, 2.05) is 62.4 Å². The van der Waals surface area contributed by atoms with Crippen molar-refractivity contribution in [2.45, 2.75) is 45.2 Å². The highest BCUT2D eigenvalue weighted by Crippen LogP contribution is 2.20.